The maximum atomic E-state index is 12.1. The van der Waals surface area contributed by atoms with Crippen molar-refractivity contribution in [3.8, 4) is 5.69 Å². The van der Waals surface area contributed by atoms with E-state index in [0.717, 1.165) is 0 Å². The fraction of sp³-hybridized carbons (Fsp3) is 0. The van der Waals surface area contributed by atoms with E-state index in [4.69, 9.17) is 11.6 Å². The molecule has 0 aliphatic carbocycles. The van der Waals surface area contributed by atoms with E-state index in [0.29, 0.717) is 22.0 Å². The number of tetrazole rings is 1. The van der Waals surface area contributed by atoms with Crippen LogP contribution in [0.5, 0.6) is 0 Å². The lowest BCUT2D eigenvalue weighted by atomic mass is 10.2. The van der Waals surface area contributed by atoms with Crippen molar-refractivity contribution in [3.63, 3.8) is 0 Å². The van der Waals surface area contributed by atoms with Gasteiger partial charge in [-0.3, -0.25) is 9.78 Å². The predicted octanol–water partition coefficient (Wildman–Crippen LogP) is 1.96. The highest BCUT2D eigenvalue weighted by atomic mass is 35.5. The van der Waals surface area contributed by atoms with E-state index in [1.54, 1.807) is 42.7 Å². The first kappa shape index (κ1) is 13.2. The lowest BCUT2D eigenvalue weighted by Crippen LogP contribution is -2.12. The van der Waals surface area contributed by atoms with Gasteiger partial charge in [0.05, 0.1) is 16.4 Å². The number of aromatic nitrogens is 5. The summed E-state index contributed by atoms with van der Waals surface area (Å²) in [6.45, 7) is 0. The summed E-state index contributed by atoms with van der Waals surface area (Å²) in [5.41, 5.74) is 1.66. The summed E-state index contributed by atoms with van der Waals surface area (Å²) in [5, 5.41) is 14.1. The number of amides is 1. The van der Waals surface area contributed by atoms with Crippen LogP contribution in [0.2, 0.25) is 5.02 Å². The van der Waals surface area contributed by atoms with Crippen molar-refractivity contribution in [2.45, 2.75) is 0 Å². The van der Waals surface area contributed by atoms with Gasteiger partial charge in [-0.15, -0.1) is 5.10 Å². The maximum Gasteiger partial charge on any atom is 0.255 e. The molecule has 8 heteroatoms. The summed E-state index contributed by atoms with van der Waals surface area (Å²) >= 11 is 6.10. The van der Waals surface area contributed by atoms with Crippen LogP contribution in [0.3, 0.4) is 0 Å². The number of hydrogen-bond acceptors (Lipinski definition) is 5. The van der Waals surface area contributed by atoms with E-state index in [2.05, 4.69) is 25.8 Å². The van der Waals surface area contributed by atoms with E-state index in [9.17, 15) is 4.79 Å². The molecular formula is C13H9ClN6O. The molecule has 1 amide bonds. The molecule has 1 aromatic carbocycles. The molecule has 0 aliphatic rings. The largest absolute Gasteiger partial charge is 0.321 e. The molecule has 0 fully saturated rings. The third kappa shape index (κ3) is 2.87. The number of rotatable bonds is 3. The highest BCUT2D eigenvalue weighted by Crippen LogP contribution is 2.25. The molecule has 104 valence electrons. The van der Waals surface area contributed by atoms with Crippen LogP contribution in [-0.2, 0) is 0 Å². The number of hydrogen-bond donors (Lipinski definition) is 1. The Morgan fingerprint density at radius 2 is 2.00 bits per heavy atom. The van der Waals surface area contributed by atoms with Crippen LogP contribution in [0.1, 0.15) is 10.4 Å². The number of pyridine rings is 1. The molecule has 0 bridgehead atoms. The normalized spacial score (nSPS) is 10.3. The lowest BCUT2D eigenvalue weighted by molar-refractivity contribution is 0.102. The first-order valence-electron chi connectivity index (χ1n) is 5.98. The zero-order valence-corrected chi connectivity index (χ0v) is 11.4. The van der Waals surface area contributed by atoms with Crippen molar-refractivity contribution in [2.75, 3.05) is 5.32 Å². The molecule has 0 spiro atoms. The molecule has 0 aliphatic heterocycles. The van der Waals surface area contributed by atoms with E-state index in [1.807, 2.05) is 0 Å². The molecule has 0 radical (unpaired) electrons. The SMILES string of the molecule is O=C(Nc1cc(-n2cnnn2)ccc1Cl)c1ccncc1. The van der Waals surface area contributed by atoms with Crippen LogP contribution >= 0.6 is 11.6 Å². The average Bonchev–Trinajstić information content (AvgIpc) is 3.04. The van der Waals surface area contributed by atoms with Crippen molar-refractivity contribution >= 4 is 23.2 Å². The summed E-state index contributed by atoms with van der Waals surface area (Å²) in [5.74, 6) is -0.270. The number of nitrogens with one attached hydrogen (secondary N) is 1. The van der Waals surface area contributed by atoms with Crippen LogP contribution in [0.15, 0.2) is 49.1 Å². The van der Waals surface area contributed by atoms with Gasteiger partial charge in [0.15, 0.2) is 0 Å². The highest BCUT2D eigenvalue weighted by Gasteiger charge is 2.10. The van der Waals surface area contributed by atoms with Crippen LogP contribution in [-0.4, -0.2) is 31.1 Å². The minimum Gasteiger partial charge on any atom is -0.321 e. The van der Waals surface area contributed by atoms with Gasteiger partial charge in [0.2, 0.25) is 0 Å². The van der Waals surface area contributed by atoms with E-state index < -0.39 is 0 Å². The number of halogens is 1. The van der Waals surface area contributed by atoms with Crippen LogP contribution in [0.25, 0.3) is 5.69 Å². The zero-order valence-electron chi connectivity index (χ0n) is 10.6. The fourth-order valence-corrected chi connectivity index (χ4v) is 1.89. The van der Waals surface area contributed by atoms with Gasteiger partial charge in [-0.1, -0.05) is 11.6 Å². The fourth-order valence-electron chi connectivity index (χ4n) is 1.73. The quantitative estimate of drug-likeness (QED) is 0.799. The van der Waals surface area contributed by atoms with Gasteiger partial charge in [0.1, 0.15) is 6.33 Å². The number of benzene rings is 1. The highest BCUT2D eigenvalue weighted by molar-refractivity contribution is 6.34. The monoisotopic (exact) mass is 300 g/mol. The van der Waals surface area contributed by atoms with Crippen molar-refractivity contribution in [3.05, 3.63) is 59.6 Å². The van der Waals surface area contributed by atoms with Crippen LogP contribution in [0, 0.1) is 0 Å². The molecule has 0 atom stereocenters. The van der Waals surface area contributed by atoms with Crippen molar-refractivity contribution in [1.29, 1.82) is 0 Å². The molecule has 7 nitrogen and oxygen atoms in total. The van der Waals surface area contributed by atoms with Gasteiger partial charge in [0.25, 0.3) is 5.91 Å². The summed E-state index contributed by atoms with van der Waals surface area (Å²) < 4.78 is 1.47. The minimum atomic E-state index is -0.270. The maximum absolute atomic E-state index is 12.1. The Balaban J connectivity index is 1.88. The molecular weight excluding hydrogens is 292 g/mol. The van der Waals surface area contributed by atoms with E-state index in [-0.39, 0.29) is 5.91 Å². The van der Waals surface area contributed by atoms with Crippen molar-refractivity contribution in [2.24, 2.45) is 0 Å². The molecule has 2 aromatic heterocycles. The van der Waals surface area contributed by atoms with Gasteiger partial charge in [0, 0.05) is 18.0 Å². The number of anilines is 1. The second-order valence-electron chi connectivity index (χ2n) is 4.11. The molecule has 0 saturated heterocycles. The summed E-state index contributed by atoms with van der Waals surface area (Å²) in [6.07, 6.45) is 4.56. The number of nitrogens with zero attached hydrogens (tertiary/aromatic N) is 5. The summed E-state index contributed by atoms with van der Waals surface area (Å²) in [4.78, 5) is 16.0. The molecule has 2 heterocycles. The second-order valence-corrected chi connectivity index (χ2v) is 4.52. The average molecular weight is 301 g/mol. The Morgan fingerprint density at radius 3 is 2.71 bits per heavy atom. The van der Waals surface area contributed by atoms with Gasteiger partial charge < -0.3 is 5.32 Å². The molecule has 1 N–H and O–H groups in total. The van der Waals surface area contributed by atoms with Gasteiger partial charge >= 0.3 is 0 Å². The first-order valence-corrected chi connectivity index (χ1v) is 6.36. The molecule has 0 unspecified atom stereocenters. The van der Waals surface area contributed by atoms with E-state index in [1.165, 1.54) is 11.0 Å². The third-order valence-corrected chi connectivity index (χ3v) is 3.08. The first-order chi connectivity index (χ1) is 10.2. The lowest BCUT2D eigenvalue weighted by Gasteiger charge is -2.09. The standard InChI is InChI=1S/C13H9ClN6O/c14-11-2-1-10(20-8-16-18-19-20)7-12(11)17-13(21)9-3-5-15-6-4-9/h1-8H,(H,17,21). The molecule has 3 rings (SSSR count). The smallest absolute Gasteiger partial charge is 0.255 e. The Kier molecular flexibility index (Phi) is 3.57. The van der Waals surface area contributed by atoms with Crippen molar-refractivity contribution in [1.82, 2.24) is 25.2 Å². The van der Waals surface area contributed by atoms with E-state index >= 15 is 0 Å². The summed E-state index contributed by atoms with van der Waals surface area (Å²) in [6, 6.07) is 8.35. The van der Waals surface area contributed by atoms with Crippen LogP contribution in [0.4, 0.5) is 5.69 Å². The number of carbonyl (C=O) groups excluding carboxylic acids is 1. The number of carbonyl (C=O) groups is 1. The van der Waals surface area contributed by atoms with Gasteiger partial charge in [-0.25, -0.2) is 4.68 Å². The van der Waals surface area contributed by atoms with Gasteiger partial charge in [-0.2, -0.15) is 0 Å². The van der Waals surface area contributed by atoms with Crippen molar-refractivity contribution < 1.29 is 4.79 Å². The second kappa shape index (κ2) is 5.68. The third-order valence-electron chi connectivity index (χ3n) is 2.75. The zero-order chi connectivity index (χ0) is 14.7. The Labute approximate surface area is 124 Å². The molecule has 3 aromatic rings. The summed E-state index contributed by atoms with van der Waals surface area (Å²) in [7, 11) is 0. The topological polar surface area (TPSA) is 85.6 Å². The molecule has 21 heavy (non-hydrogen) atoms. The Bertz CT molecular complexity index is 760. The minimum absolute atomic E-state index is 0.270. The predicted molar refractivity (Wildman–Crippen MR) is 76.4 cm³/mol. The Hall–Kier alpha value is -2.80. The Morgan fingerprint density at radius 1 is 1.19 bits per heavy atom. The van der Waals surface area contributed by atoms with Gasteiger partial charge in [-0.05, 0) is 40.8 Å². The molecule has 0 saturated carbocycles. The van der Waals surface area contributed by atoms with Crippen LogP contribution < -0.4 is 5.32 Å².